The quantitative estimate of drug-likeness (QED) is 0.587. The summed E-state index contributed by atoms with van der Waals surface area (Å²) in [6.07, 6.45) is 2.45. The van der Waals surface area contributed by atoms with Crippen molar-refractivity contribution >= 4 is 5.91 Å². The van der Waals surface area contributed by atoms with Crippen molar-refractivity contribution in [1.29, 1.82) is 0 Å². The van der Waals surface area contributed by atoms with Crippen LogP contribution in [0.2, 0.25) is 0 Å². The minimum Gasteiger partial charge on any atom is -0.497 e. The highest BCUT2D eigenvalue weighted by Gasteiger charge is 2.08. The molecule has 27 heavy (non-hydrogen) atoms. The Labute approximate surface area is 158 Å². The summed E-state index contributed by atoms with van der Waals surface area (Å²) in [7, 11) is 1.61. The van der Waals surface area contributed by atoms with Crippen molar-refractivity contribution in [3.05, 3.63) is 66.7 Å². The van der Waals surface area contributed by atoms with Gasteiger partial charge in [0.05, 0.1) is 19.9 Å². The van der Waals surface area contributed by atoms with Crippen molar-refractivity contribution < 1.29 is 18.7 Å². The molecule has 0 saturated heterocycles. The second-order valence-electron chi connectivity index (χ2n) is 5.86. The Morgan fingerprint density at radius 2 is 1.93 bits per heavy atom. The monoisotopic (exact) mass is 366 g/mol. The van der Waals surface area contributed by atoms with E-state index in [0.29, 0.717) is 43.4 Å². The summed E-state index contributed by atoms with van der Waals surface area (Å²) in [5.74, 6) is 2.63. The highest BCUT2D eigenvalue weighted by molar-refractivity contribution is 5.76. The average Bonchev–Trinajstić information content (AvgIpc) is 3.20. The SMILES string of the molecule is COc1cccc(OCCNC(=O)CCc2ncc(-c3ccccc3)o2)c1. The maximum absolute atomic E-state index is 11.9. The first kappa shape index (κ1) is 18.5. The van der Waals surface area contributed by atoms with Crippen LogP contribution >= 0.6 is 0 Å². The number of aromatic nitrogens is 1. The van der Waals surface area contributed by atoms with Crippen LogP contribution in [0.4, 0.5) is 0 Å². The van der Waals surface area contributed by atoms with E-state index >= 15 is 0 Å². The van der Waals surface area contributed by atoms with E-state index in [1.165, 1.54) is 0 Å². The summed E-state index contributed by atoms with van der Waals surface area (Å²) in [6.45, 7) is 0.812. The standard InChI is InChI=1S/C21H22N2O4/c1-25-17-8-5-9-18(14-17)26-13-12-22-20(24)10-11-21-23-15-19(27-21)16-6-3-2-4-7-16/h2-9,14-15H,10-13H2,1H3,(H,22,24). The van der Waals surface area contributed by atoms with Gasteiger partial charge in [-0.25, -0.2) is 4.98 Å². The topological polar surface area (TPSA) is 73.6 Å². The Balaban J connectivity index is 1.37. The number of hydrogen-bond donors (Lipinski definition) is 1. The number of hydrogen-bond acceptors (Lipinski definition) is 5. The predicted molar refractivity (Wildman–Crippen MR) is 102 cm³/mol. The number of nitrogens with zero attached hydrogens (tertiary/aromatic N) is 1. The molecule has 2 aromatic carbocycles. The lowest BCUT2D eigenvalue weighted by atomic mass is 10.2. The van der Waals surface area contributed by atoms with Crippen LogP contribution in [-0.4, -0.2) is 31.2 Å². The molecule has 0 saturated carbocycles. The fraction of sp³-hybridized carbons (Fsp3) is 0.238. The third kappa shape index (κ3) is 5.60. The molecule has 1 amide bonds. The highest BCUT2D eigenvalue weighted by Crippen LogP contribution is 2.20. The molecule has 0 atom stereocenters. The zero-order valence-electron chi connectivity index (χ0n) is 15.2. The molecule has 140 valence electrons. The molecule has 0 fully saturated rings. The number of methoxy groups -OCH3 is 1. The molecule has 1 heterocycles. The Kier molecular flexibility index (Phi) is 6.46. The van der Waals surface area contributed by atoms with Crippen LogP contribution < -0.4 is 14.8 Å². The third-order valence-electron chi connectivity index (χ3n) is 3.91. The van der Waals surface area contributed by atoms with Gasteiger partial charge in [-0.2, -0.15) is 0 Å². The van der Waals surface area contributed by atoms with E-state index < -0.39 is 0 Å². The van der Waals surface area contributed by atoms with Crippen molar-refractivity contribution in [3.63, 3.8) is 0 Å². The smallest absolute Gasteiger partial charge is 0.220 e. The molecule has 0 spiro atoms. The van der Waals surface area contributed by atoms with Crippen LogP contribution in [0.1, 0.15) is 12.3 Å². The summed E-state index contributed by atoms with van der Waals surface area (Å²) < 4.78 is 16.4. The van der Waals surface area contributed by atoms with Gasteiger partial charge >= 0.3 is 0 Å². The van der Waals surface area contributed by atoms with Crippen molar-refractivity contribution in [2.75, 3.05) is 20.3 Å². The van der Waals surface area contributed by atoms with Crippen molar-refractivity contribution in [3.8, 4) is 22.8 Å². The van der Waals surface area contributed by atoms with Gasteiger partial charge in [0.15, 0.2) is 11.7 Å². The van der Waals surface area contributed by atoms with Gasteiger partial charge in [0.2, 0.25) is 5.91 Å². The second-order valence-corrected chi connectivity index (χ2v) is 5.86. The van der Waals surface area contributed by atoms with Crippen molar-refractivity contribution in [1.82, 2.24) is 10.3 Å². The number of ether oxygens (including phenoxy) is 2. The van der Waals surface area contributed by atoms with Crippen molar-refractivity contribution in [2.24, 2.45) is 0 Å². The van der Waals surface area contributed by atoms with E-state index in [2.05, 4.69) is 10.3 Å². The van der Waals surface area contributed by atoms with Gasteiger partial charge in [0.1, 0.15) is 18.1 Å². The number of oxazole rings is 1. The number of carbonyl (C=O) groups is 1. The first-order valence-corrected chi connectivity index (χ1v) is 8.78. The molecule has 3 aromatic rings. The van der Waals surface area contributed by atoms with E-state index in [0.717, 1.165) is 11.3 Å². The Morgan fingerprint density at radius 1 is 1.11 bits per heavy atom. The molecular weight excluding hydrogens is 344 g/mol. The fourth-order valence-electron chi connectivity index (χ4n) is 2.52. The van der Waals surface area contributed by atoms with Gasteiger partial charge < -0.3 is 19.2 Å². The lowest BCUT2D eigenvalue weighted by Gasteiger charge is -2.08. The predicted octanol–water partition coefficient (Wildman–Crippen LogP) is 3.48. The molecule has 0 unspecified atom stereocenters. The average molecular weight is 366 g/mol. The van der Waals surface area contributed by atoms with E-state index in [4.69, 9.17) is 13.9 Å². The summed E-state index contributed by atoms with van der Waals surface area (Å²) in [5, 5.41) is 2.83. The van der Waals surface area contributed by atoms with Crippen LogP contribution in [0.15, 0.2) is 65.2 Å². The lowest BCUT2D eigenvalue weighted by molar-refractivity contribution is -0.121. The van der Waals surface area contributed by atoms with Crippen LogP contribution in [0.5, 0.6) is 11.5 Å². The van der Waals surface area contributed by atoms with Crippen LogP contribution in [0, 0.1) is 0 Å². The lowest BCUT2D eigenvalue weighted by Crippen LogP contribution is -2.28. The number of benzene rings is 2. The van der Waals surface area contributed by atoms with E-state index in [1.807, 2.05) is 48.5 Å². The fourth-order valence-corrected chi connectivity index (χ4v) is 2.52. The number of rotatable bonds is 9. The van der Waals surface area contributed by atoms with Gasteiger partial charge in [-0.1, -0.05) is 36.4 Å². The molecule has 0 aliphatic heterocycles. The van der Waals surface area contributed by atoms with Gasteiger partial charge in [0.25, 0.3) is 0 Å². The molecule has 0 bridgehead atoms. The molecule has 0 aliphatic rings. The summed E-state index contributed by atoms with van der Waals surface area (Å²) in [6, 6.07) is 17.1. The van der Waals surface area contributed by atoms with Crippen LogP contribution in [0.3, 0.4) is 0 Å². The highest BCUT2D eigenvalue weighted by atomic mass is 16.5. The van der Waals surface area contributed by atoms with Gasteiger partial charge in [-0.3, -0.25) is 4.79 Å². The first-order chi connectivity index (χ1) is 13.2. The van der Waals surface area contributed by atoms with E-state index in [-0.39, 0.29) is 5.91 Å². The van der Waals surface area contributed by atoms with Crippen molar-refractivity contribution in [2.45, 2.75) is 12.8 Å². The number of nitrogens with one attached hydrogen (secondary N) is 1. The molecule has 6 heteroatoms. The maximum Gasteiger partial charge on any atom is 0.220 e. The summed E-state index contributed by atoms with van der Waals surface area (Å²) in [4.78, 5) is 16.2. The number of carbonyl (C=O) groups excluding carboxylic acids is 1. The van der Waals surface area contributed by atoms with Gasteiger partial charge in [0, 0.05) is 24.5 Å². The zero-order chi connectivity index (χ0) is 18.9. The van der Waals surface area contributed by atoms with Gasteiger partial charge in [-0.15, -0.1) is 0 Å². The Bertz CT molecular complexity index is 861. The minimum absolute atomic E-state index is 0.0660. The molecular formula is C21H22N2O4. The molecule has 3 rings (SSSR count). The molecule has 0 radical (unpaired) electrons. The maximum atomic E-state index is 11.9. The first-order valence-electron chi connectivity index (χ1n) is 8.78. The number of amides is 1. The number of aryl methyl sites for hydroxylation is 1. The third-order valence-corrected chi connectivity index (χ3v) is 3.91. The summed E-state index contributed by atoms with van der Waals surface area (Å²) in [5.41, 5.74) is 0.968. The normalized spacial score (nSPS) is 10.4. The van der Waals surface area contributed by atoms with E-state index in [9.17, 15) is 4.79 Å². The molecule has 0 aliphatic carbocycles. The Morgan fingerprint density at radius 3 is 2.74 bits per heavy atom. The minimum atomic E-state index is -0.0660. The van der Waals surface area contributed by atoms with Crippen LogP contribution in [0.25, 0.3) is 11.3 Å². The molecule has 1 aromatic heterocycles. The van der Waals surface area contributed by atoms with E-state index in [1.54, 1.807) is 19.4 Å². The Hall–Kier alpha value is -3.28. The zero-order valence-corrected chi connectivity index (χ0v) is 15.2. The molecule has 6 nitrogen and oxygen atoms in total. The largest absolute Gasteiger partial charge is 0.497 e. The van der Waals surface area contributed by atoms with Crippen LogP contribution in [-0.2, 0) is 11.2 Å². The molecule has 1 N–H and O–H groups in total. The van der Waals surface area contributed by atoms with Gasteiger partial charge in [-0.05, 0) is 12.1 Å². The summed E-state index contributed by atoms with van der Waals surface area (Å²) >= 11 is 0. The second kappa shape index (κ2) is 9.43.